The van der Waals surface area contributed by atoms with Gasteiger partial charge in [-0.25, -0.2) is 0 Å². The van der Waals surface area contributed by atoms with E-state index in [4.69, 9.17) is 9.73 Å². The molecule has 0 spiro atoms. The monoisotopic (exact) mass is 338 g/mol. The summed E-state index contributed by atoms with van der Waals surface area (Å²) in [5.41, 5.74) is 0. The Kier molecular flexibility index (Phi) is 8.89. The van der Waals surface area contributed by atoms with Gasteiger partial charge in [-0.15, -0.1) is 0 Å². The molecular weight excluding hydrogens is 300 g/mol. The maximum Gasteiger partial charge on any atom is 0.191 e. The number of nitrogens with zero attached hydrogens (tertiary/aromatic N) is 2. The summed E-state index contributed by atoms with van der Waals surface area (Å²) in [5.74, 6) is 2.75. The first-order valence-electron chi connectivity index (χ1n) is 10.0. The first-order chi connectivity index (χ1) is 11.7. The highest BCUT2D eigenvalue weighted by atomic mass is 16.5. The molecule has 1 saturated carbocycles. The molecule has 0 aromatic heterocycles. The van der Waals surface area contributed by atoms with Gasteiger partial charge in [0, 0.05) is 38.8 Å². The summed E-state index contributed by atoms with van der Waals surface area (Å²) in [6.07, 6.45) is 6.39. The predicted octanol–water partition coefficient (Wildman–Crippen LogP) is 2.48. The zero-order valence-electron chi connectivity index (χ0n) is 16.0. The van der Waals surface area contributed by atoms with Crippen molar-refractivity contribution >= 4 is 5.96 Å². The van der Waals surface area contributed by atoms with Crippen molar-refractivity contribution in [1.29, 1.82) is 0 Å². The van der Waals surface area contributed by atoms with Crippen LogP contribution in [0.1, 0.15) is 52.9 Å². The van der Waals surface area contributed by atoms with Crippen LogP contribution in [-0.4, -0.2) is 62.8 Å². The smallest absolute Gasteiger partial charge is 0.191 e. The predicted molar refractivity (Wildman–Crippen MR) is 102 cm³/mol. The van der Waals surface area contributed by atoms with Crippen molar-refractivity contribution < 1.29 is 4.74 Å². The summed E-state index contributed by atoms with van der Waals surface area (Å²) < 4.78 is 5.39. The molecule has 2 aliphatic rings. The van der Waals surface area contributed by atoms with Crippen molar-refractivity contribution in [2.45, 2.75) is 58.9 Å². The zero-order chi connectivity index (χ0) is 17.2. The van der Waals surface area contributed by atoms with E-state index in [0.717, 1.165) is 70.2 Å². The molecule has 0 unspecified atom stereocenters. The Hall–Kier alpha value is -0.810. The maximum absolute atomic E-state index is 5.39. The van der Waals surface area contributed by atoms with Crippen LogP contribution in [0, 0.1) is 11.8 Å². The molecule has 0 atom stereocenters. The molecule has 2 N–H and O–H groups in total. The van der Waals surface area contributed by atoms with Gasteiger partial charge in [0.2, 0.25) is 0 Å². The molecule has 1 saturated heterocycles. The molecule has 0 radical (unpaired) electrons. The minimum absolute atomic E-state index is 0.594. The normalized spacial score (nSPS) is 26.6. The standard InChI is InChI=1S/C19H38N4O/c1-4-20-19(21-10-5-11-23-12-14-24-15-13-23)22-18-8-6-17(7-9-18)16(2)3/h16-18H,4-15H2,1-3H3,(H2,20,21,22). The molecule has 1 heterocycles. The molecule has 24 heavy (non-hydrogen) atoms. The summed E-state index contributed by atoms with van der Waals surface area (Å²) in [7, 11) is 0. The quantitative estimate of drug-likeness (QED) is 0.425. The lowest BCUT2D eigenvalue weighted by Gasteiger charge is -2.32. The molecule has 0 bridgehead atoms. The van der Waals surface area contributed by atoms with Gasteiger partial charge in [0.05, 0.1) is 13.2 Å². The lowest BCUT2D eigenvalue weighted by Crippen LogP contribution is -2.45. The van der Waals surface area contributed by atoms with Crippen LogP contribution in [-0.2, 0) is 4.74 Å². The molecule has 0 aromatic carbocycles. The maximum atomic E-state index is 5.39. The molecule has 0 amide bonds. The molecule has 5 nitrogen and oxygen atoms in total. The number of morpholine rings is 1. The van der Waals surface area contributed by atoms with Gasteiger partial charge in [-0.3, -0.25) is 9.89 Å². The van der Waals surface area contributed by atoms with Crippen molar-refractivity contribution in [2.75, 3.05) is 45.9 Å². The number of nitrogens with one attached hydrogen (secondary N) is 2. The van der Waals surface area contributed by atoms with Gasteiger partial charge in [-0.2, -0.15) is 0 Å². The number of ether oxygens (including phenoxy) is 1. The summed E-state index contributed by atoms with van der Waals surface area (Å²) in [4.78, 5) is 7.26. The van der Waals surface area contributed by atoms with Gasteiger partial charge in [0.1, 0.15) is 0 Å². The van der Waals surface area contributed by atoms with E-state index in [-0.39, 0.29) is 0 Å². The highest BCUT2D eigenvalue weighted by molar-refractivity contribution is 5.80. The van der Waals surface area contributed by atoms with Crippen LogP contribution < -0.4 is 10.6 Å². The van der Waals surface area contributed by atoms with Crippen molar-refractivity contribution in [3.8, 4) is 0 Å². The molecule has 1 aliphatic heterocycles. The summed E-state index contributed by atoms with van der Waals surface area (Å²) in [6.45, 7) is 13.7. The Bertz CT molecular complexity index is 358. The topological polar surface area (TPSA) is 48.9 Å². The SMILES string of the molecule is CCNC(=NCCCN1CCOCC1)NC1CCC(C(C)C)CC1. The van der Waals surface area contributed by atoms with Crippen molar-refractivity contribution in [1.82, 2.24) is 15.5 Å². The van der Waals surface area contributed by atoms with Gasteiger partial charge >= 0.3 is 0 Å². The Morgan fingerprint density at radius 1 is 1.17 bits per heavy atom. The molecule has 0 aromatic rings. The largest absolute Gasteiger partial charge is 0.379 e. The van der Waals surface area contributed by atoms with Gasteiger partial charge in [0.15, 0.2) is 5.96 Å². The number of aliphatic imine (C=N–C) groups is 1. The van der Waals surface area contributed by atoms with Gasteiger partial charge < -0.3 is 15.4 Å². The van der Waals surface area contributed by atoms with Crippen LogP contribution in [0.15, 0.2) is 4.99 Å². The van der Waals surface area contributed by atoms with Gasteiger partial charge in [-0.1, -0.05) is 13.8 Å². The van der Waals surface area contributed by atoms with Crippen molar-refractivity contribution in [2.24, 2.45) is 16.8 Å². The molecular formula is C19H38N4O. The van der Waals surface area contributed by atoms with E-state index in [1.165, 1.54) is 25.7 Å². The van der Waals surface area contributed by atoms with Crippen molar-refractivity contribution in [3.63, 3.8) is 0 Å². The van der Waals surface area contributed by atoms with E-state index < -0.39 is 0 Å². The average molecular weight is 339 g/mol. The van der Waals surface area contributed by atoms with Crippen molar-refractivity contribution in [3.05, 3.63) is 0 Å². The van der Waals surface area contributed by atoms with E-state index >= 15 is 0 Å². The fraction of sp³-hybridized carbons (Fsp3) is 0.947. The number of rotatable bonds is 7. The summed E-state index contributed by atoms with van der Waals surface area (Å²) in [5, 5.41) is 7.07. The Labute approximate surface area is 148 Å². The zero-order valence-corrected chi connectivity index (χ0v) is 16.0. The Morgan fingerprint density at radius 2 is 1.88 bits per heavy atom. The van der Waals surface area contributed by atoms with Crippen LogP contribution in [0.25, 0.3) is 0 Å². The molecule has 1 aliphatic carbocycles. The van der Waals surface area contributed by atoms with E-state index in [1.54, 1.807) is 0 Å². The third-order valence-corrected chi connectivity index (χ3v) is 5.41. The fourth-order valence-electron chi connectivity index (χ4n) is 3.75. The van der Waals surface area contributed by atoms with Gasteiger partial charge in [-0.05, 0) is 50.9 Å². The second-order valence-corrected chi connectivity index (χ2v) is 7.57. The van der Waals surface area contributed by atoms with Gasteiger partial charge in [0.25, 0.3) is 0 Å². The third-order valence-electron chi connectivity index (χ3n) is 5.41. The first-order valence-corrected chi connectivity index (χ1v) is 10.0. The highest BCUT2D eigenvalue weighted by Gasteiger charge is 2.23. The molecule has 2 fully saturated rings. The van der Waals surface area contributed by atoms with Crippen LogP contribution in [0.2, 0.25) is 0 Å². The Morgan fingerprint density at radius 3 is 2.50 bits per heavy atom. The minimum atomic E-state index is 0.594. The average Bonchev–Trinajstić information content (AvgIpc) is 2.60. The Balaban J connectivity index is 1.68. The van der Waals surface area contributed by atoms with Crippen LogP contribution >= 0.6 is 0 Å². The summed E-state index contributed by atoms with van der Waals surface area (Å²) in [6, 6.07) is 0.594. The fourth-order valence-corrected chi connectivity index (χ4v) is 3.75. The van der Waals surface area contributed by atoms with Crippen LogP contribution in [0.4, 0.5) is 0 Å². The first kappa shape index (κ1) is 19.5. The summed E-state index contributed by atoms with van der Waals surface area (Å²) >= 11 is 0. The van der Waals surface area contributed by atoms with Crippen LogP contribution in [0.3, 0.4) is 0 Å². The molecule has 2 rings (SSSR count). The van der Waals surface area contributed by atoms with E-state index in [9.17, 15) is 0 Å². The number of guanidine groups is 1. The lowest BCUT2D eigenvalue weighted by atomic mass is 9.80. The lowest BCUT2D eigenvalue weighted by molar-refractivity contribution is 0.0377. The molecule has 5 heteroatoms. The van der Waals surface area contributed by atoms with E-state index in [1.807, 2.05) is 0 Å². The highest BCUT2D eigenvalue weighted by Crippen LogP contribution is 2.29. The second-order valence-electron chi connectivity index (χ2n) is 7.57. The number of hydrogen-bond acceptors (Lipinski definition) is 3. The minimum Gasteiger partial charge on any atom is -0.379 e. The number of hydrogen-bond donors (Lipinski definition) is 2. The van der Waals surface area contributed by atoms with E-state index in [0.29, 0.717) is 6.04 Å². The second kappa shape index (κ2) is 10.9. The van der Waals surface area contributed by atoms with Crippen LogP contribution in [0.5, 0.6) is 0 Å². The molecule has 140 valence electrons. The van der Waals surface area contributed by atoms with E-state index in [2.05, 4.69) is 36.3 Å². The third kappa shape index (κ3) is 6.98.